The normalized spacial score (nSPS) is 17.6. The van der Waals surface area contributed by atoms with Gasteiger partial charge in [-0.25, -0.2) is 0 Å². The van der Waals surface area contributed by atoms with Crippen molar-refractivity contribution in [1.82, 2.24) is 0 Å². The number of hydrogen-bond donors (Lipinski definition) is 0. The van der Waals surface area contributed by atoms with E-state index in [-0.39, 0.29) is 11.3 Å². The molecule has 0 fully saturated rings. The molecule has 0 spiro atoms. The summed E-state index contributed by atoms with van der Waals surface area (Å²) in [6.07, 6.45) is 9.26. The molecule has 0 radical (unpaired) electrons. The molecule has 1 aromatic carbocycles. The molecule has 1 aromatic heterocycles. The molecule has 0 saturated heterocycles. The molecule has 2 aromatic rings. The van der Waals surface area contributed by atoms with E-state index in [1.54, 1.807) is 19.4 Å². The molecule has 0 N–H and O–H groups in total. The Morgan fingerprint density at radius 3 is 2.86 bits per heavy atom. The summed E-state index contributed by atoms with van der Waals surface area (Å²) in [5.74, 6) is 0.824. The van der Waals surface area contributed by atoms with E-state index in [0.717, 1.165) is 28.6 Å². The third-order valence-electron chi connectivity index (χ3n) is 4.04. The molecular weight excluding hydrogens is 344 g/mol. The molecule has 4 heteroatoms. The van der Waals surface area contributed by atoms with Crippen LogP contribution in [-0.4, -0.2) is 7.11 Å². The highest BCUT2D eigenvalue weighted by atomic mass is 79.9. The lowest BCUT2D eigenvalue weighted by molar-refractivity contribution is 0.409. The molecular formula is C18H17BrO3. The van der Waals surface area contributed by atoms with Crippen LogP contribution in [0.1, 0.15) is 30.4 Å². The molecule has 1 heterocycles. The standard InChI is InChI=1S/C18H17BrO3/c1-3-11-8-14-17(9-16(11)21-2)22-10-15(18(14)20)12-4-6-13(19)7-5-12/h4,6-10,12H,3,5H2,1-2H3. The van der Waals surface area contributed by atoms with Gasteiger partial charge in [-0.05, 0) is 24.5 Å². The average Bonchev–Trinajstić information content (AvgIpc) is 2.55. The first kappa shape index (κ1) is 15.1. The number of rotatable bonds is 3. The van der Waals surface area contributed by atoms with Crippen molar-refractivity contribution in [2.45, 2.75) is 25.7 Å². The second-order valence-electron chi connectivity index (χ2n) is 5.32. The summed E-state index contributed by atoms with van der Waals surface area (Å²) in [5.41, 5.74) is 2.33. The molecule has 3 nitrogen and oxygen atoms in total. The Kier molecular flexibility index (Phi) is 4.21. The number of aryl methyl sites for hydroxylation is 1. The molecule has 1 atom stereocenters. The van der Waals surface area contributed by atoms with Crippen molar-refractivity contribution in [3.8, 4) is 5.75 Å². The van der Waals surface area contributed by atoms with E-state index in [1.165, 1.54) is 0 Å². The van der Waals surface area contributed by atoms with Gasteiger partial charge >= 0.3 is 0 Å². The number of ether oxygens (including phenoxy) is 1. The van der Waals surface area contributed by atoms with E-state index < -0.39 is 0 Å². The van der Waals surface area contributed by atoms with Crippen molar-refractivity contribution < 1.29 is 9.15 Å². The molecule has 0 amide bonds. The maximum atomic E-state index is 12.8. The Labute approximate surface area is 137 Å². The van der Waals surface area contributed by atoms with Gasteiger partial charge in [0.1, 0.15) is 11.3 Å². The van der Waals surface area contributed by atoms with Gasteiger partial charge < -0.3 is 9.15 Å². The predicted octanol–water partition coefficient (Wildman–Crippen LogP) is 4.69. The topological polar surface area (TPSA) is 39.4 Å². The van der Waals surface area contributed by atoms with Crippen LogP contribution in [0.25, 0.3) is 11.0 Å². The highest BCUT2D eigenvalue weighted by molar-refractivity contribution is 9.11. The van der Waals surface area contributed by atoms with E-state index in [4.69, 9.17) is 9.15 Å². The third kappa shape index (κ3) is 2.63. The highest BCUT2D eigenvalue weighted by Gasteiger charge is 2.18. The van der Waals surface area contributed by atoms with Gasteiger partial charge in [0, 0.05) is 22.0 Å². The zero-order valence-electron chi connectivity index (χ0n) is 12.6. The van der Waals surface area contributed by atoms with E-state index in [0.29, 0.717) is 16.5 Å². The van der Waals surface area contributed by atoms with Crippen molar-refractivity contribution in [3.05, 3.63) is 62.5 Å². The Balaban J connectivity index is 2.13. The fourth-order valence-electron chi connectivity index (χ4n) is 2.76. The Morgan fingerprint density at radius 2 is 2.23 bits per heavy atom. The Bertz CT molecular complexity index is 830. The summed E-state index contributed by atoms with van der Waals surface area (Å²) < 4.78 is 12.1. The van der Waals surface area contributed by atoms with Crippen LogP contribution in [0.5, 0.6) is 5.75 Å². The van der Waals surface area contributed by atoms with Gasteiger partial charge in [-0.3, -0.25) is 4.79 Å². The minimum Gasteiger partial charge on any atom is -0.496 e. The molecule has 114 valence electrons. The lowest BCUT2D eigenvalue weighted by Crippen LogP contribution is -2.13. The Hall–Kier alpha value is -1.81. The van der Waals surface area contributed by atoms with E-state index in [2.05, 4.69) is 22.0 Å². The fourth-order valence-corrected chi connectivity index (χ4v) is 3.10. The van der Waals surface area contributed by atoms with Gasteiger partial charge in [-0.15, -0.1) is 0 Å². The number of halogens is 1. The second-order valence-corrected chi connectivity index (χ2v) is 6.24. The number of benzene rings is 1. The quantitative estimate of drug-likeness (QED) is 0.797. The average molecular weight is 361 g/mol. The maximum Gasteiger partial charge on any atom is 0.196 e. The van der Waals surface area contributed by atoms with Crippen LogP contribution in [0, 0.1) is 0 Å². The number of allylic oxidation sites excluding steroid dienone is 4. The number of hydrogen-bond acceptors (Lipinski definition) is 3. The van der Waals surface area contributed by atoms with Crippen LogP contribution in [0.2, 0.25) is 0 Å². The van der Waals surface area contributed by atoms with Gasteiger partial charge in [0.15, 0.2) is 5.43 Å². The summed E-state index contributed by atoms with van der Waals surface area (Å²) in [6, 6.07) is 3.69. The minimum atomic E-state index is 0.0414. The fraction of sp³-hybridized carbons (Fsp3) is 0.278. The number of methoxy groups -OCH3 is 1. The largest absolute Gasteiger partial charge is 0.496 e. The van der Waals surface area contributed by atoms with E-state index >= 15 is 0 Å². The van der Waals surface area contributed by atoms with Crippen molar-refractivity contribution in [3.63, 3.8) is 0 Å². The molecule has 22 heavy (non-hydrogen) atoms. The Morgan fingerprint density at radius 1 is 1.41 bits per heavy atom. The summed E-state index contributed by atoms with van der Waals surface area (Å²) >= 11 is 3.44. The predicted molar refractivity (Wildman–Crippen MR) is 91.9 cm³/mol. The van der Waals surface area contributed by atoms with Crippen LogP contribution < -0.4 is 10.2 Å². The van der Waals surface area contributed by atoms with Crippen LogP contribution >= 0.6 is 15.9 Å². The first-order valence-corrected chi connectivity index (χ1v) is 8.09. The van der Waals surface area contributed by atoms with Gasteiger partial charge in [0.25, 0.3) is 0 Å². The molecule has 0 saturated carbocycles. The van der Waals surface area contributed by atoms with Crippen LogP contribution in [0.4, 0.5) is 0 Å². The lowest BCUT2D eigenvalue weighted by Gasteiger charge is -2.14. The molecule has 1 unspecified atom stereocenters. The SMILES string of the molecule is CCc1cc2c(=O)c(C3C=CC(Br)=CC3)coc2cc1OC. The molecule has 1 aliphatic rings. The van der Waals surface area contributed by atoms with Gasteiger partial charge in [-0.2, -0.15) is 0 Å². The third-order valence-corrected chi connectivity index (χ3v) is 4.63. The van der Waals surface area contributed by atoms with E-state index in [9.17, 15) is 4.79 Å². The first-order chi connectivity index (χ1) is 10.6. The minimum absolute atomic E-state index is 0.0414. The highest BCUT2D eigenvalue weighted by Crippen LogP contribution is 2.30. The summed E-state index contributed by atoms with van der Waals surface area (Å²) in [4.78, 5) is 12.8. The zero-order valence-corrected chi connectivity index (χ0v) is 14.1. The monoisotopic (exact) mass is 360 g/mol. The van der Waals surface area contributed by atoms with Gasteiger partial charge in [0.2, 0.25) is 0 Å². The zero-order chi connectivity index (χ0) is 15.7. The summed E-state index contributed by atoms with van der Waals surface area (Å²) in [7, 11) is 1.63. The summed E-state index contributed by atoms with van der Waals surface area (Å²) in [5, 5.41) is 0.622. The van der Waals surface area contributed by atoms with Gasteiger partial charge in [-0.1, -0.05) is 41.1 Å². The molecule has 0 bridgehead atoms. The van der Waals surface area contributed by atoms with Crippen LogP contribution in [0.3, 0.4) is 0 Å². The van der Waals surface area contributed by atoms with Crippen LogP contribution in [0.15, 0.2) is 50.3 Å². The van der Waals surface area contributed by atoms with Crippen molar-refractivity contribution in [2.75, 3.05) is 7.11 Å². The smallest absolute Gasteiger partial charge is 0.196 e. The molecule has 1 aliphatic carbocycles. The molecule has 0 aliphatic heterocycles. The van der Waals surface area contributed by atoms with Crippen molar-refractivity contribution in [2.24, 2.45) is 0 Å². The summed E-state index contributed by atoms with van der Waals surface area (Å²) in [6.45, 7) is 2.04. The van der Waals surface area contributed by atoms with Gasteiger partial charge in [0.05, 0.1) is 18.8 Å². The molecule has 3 rings (SSSR count). The lowest BCUT2D eigenvalue weighted by atomic mass is 9.92. The first-order valence-electron chi connectivity index (χ1n) is 7.30. The van der Waals surface area contributed by atoms with Crippen LogP contribution in [-0.2, 0) is 6.42 Å². The van der Waals surface area contributed by atoms with E-state index in [1.807, 2.05) is 25.1 Å². The second kappa shape index (κ2) is 6.13. The van der Waals surface area contributed by atoms with Crippen molar-refractivity contribution >= 4 is 26.9 Å². The van der Waals surface area contributed by atoms with Crippen molar-refractivity contribution in [1.29, 1.82) is 0 Å². The maximum absolute atomic E-state index is 12.8. The number of fused-ring (bicyclic) bond motifs is 1.